The van der Waals surface area contributed by atoms with Crippen LogP contribution in [-0.4, -0.2) is 11.6 Å². The molecule has 2 rings (SSSR count). The van der Waals surface area contributed by atoms with Gasteiger partial charge in [-0.25, -0.2) is 0 Å². The molecule has 1 aliphatic carbocycles. The highest BCUT2D eigenvalue weighted by Gasteiger charge is 2.36. The van der Waals surface area contributed by atoms with Crippen LogP contribution in [-0.2, 0) is 9.53 Å². The molecule has 1 amide bonds. The molecule has 16 heavy (non-hydrogen) atoms. The Bertz CT molecular complexity index is 327. The maximum Gasteiger partial charge on any atom is 0.250 e. The lowest BCUT2D eigenvalue weighted by atomic mass is 9.89. The minimum atomic E-state index is -0.704. The summed E-state index contributed by atoms with van der Waals surface area (Å²) < 4.78 is 5.45. The molecule has 0 unspecified atom stereocenters. The van der Waals surface area contributed by atoms with Gasteiger partial charge >= 0.3 is 0 Å². The van der Waals surface area contributed by atoms with E-state index in [0.29, 0.717) is 0 Å². The predicted octanol–water partition coefficient (Wildman–Crippen LogP) is 1.02. The lowest BCUT2D eigenvalue weighted by Gasteiger charge is -2.48. The van der Waals surface area contributed by atoms with Crippen LogP contribution in [0.3, 0.4) is 0 Å². The summed E-state index contributed by atoms with van der Waals surface area (Å²) in [5.74, 6) is -0.762. The molecule has 4 heteroatoms. The van der Waals surface area contributed by atoms with Crippen molar-refractivity contribution in [3.05, 3.63) is 11.5 Å². The lowest BCUT2D eigenvalue weighted by molar-refractivity contribution is -0.380. The van der Waals surface area contributed by atoms with Gasteiger partial charge in [-0.05, 0) is 18.8 Å². The highest BCUT2D eigenvalue weighted by Crippen LogP contribution is 2.34. The first-order valence-electron chi connectivity index (χ1n) is 5.97. The average molecular weight is 224 g/mol. The van der Waals surface area contributed by atoms with Crippen molar-refractivity contribution in [2.24, 2.45) is 5.92 Å². The molecule has 1 N–H and O–H groups in total. The van der Waals surface area contributed by atoms with Crippen LogP contribution < -0.4 is 10.4 Å². The van der Waals surface area contributed by atoms with E-state index in [0.717, 1.165) is 32.1 Å². The van der Waals surface area contributed by atoms with E-state index in [1.165, 1.54) is 0 Å². The van der Waals surface area contributed by atoms with E-state index in [2.05, 4.69) is 5.32 Å². The van der Waals surface area contributed by atoms with Gasteiger partial charge in [0.25, 0.3) is 0 Å². The van der Waals surface area contributed by atoms with Crippen molar-refractivity contribution in [1.29, 1.82) is 0 Å². The van der Waals surface area contributed by atoms with Crippen LogP contribution in [0, 0.1) is 5.92 Å². The summed E-state index contributed by atoms with van der Waals surface area (Å²) in [4.78, 5) is 11.9. The summed E-state index contributed by atoms with van der Waals surface area (Å²) in [6.07, 6.45) is 4.65. The quantitative estimate of drug-likeness (QED) is 0.723. The van der Waals surface area contributed by atoms with E-state index >= 15 is 0 Å². The molecule has 1 heterocycles. The summed E-state index contributed by atoms with van der Waals surface area (Å²) in [7, 11) is 0. The maximum absolute atomic E-state index is 11.9. The van der Waals surface area contributed by atoms with Gasteiger partial charge in [0, 0.05) is 5.57 Å². The molecule has 0 bridgehead atoms. The normalized spacial score (nSPS) is 24.6. The second kappa shape index (κ2) is 4.00. The molecule has 0 aromatic rings. The molecule has 2 aliphatic rings. The second-order valence-corrected chi connectivity index (χ2v) is 4.97. The third-order valence-electron chi connectivity index (χ3n) is 3.33. The molecule has 1 saturated carbocycles. The van der Waals surface area contributed by atoms with Crippen LogP contribution >= 0.6 is 0 Å². The third-order valence-corrected chi connectivity index (χ3v) is 3.33. The van der Waals surface area contributed by atoms with Gasteiger partial charge in [0.15, 0.2) is 0 Å². The Morgan fingerprint density at radius 2 is 1.94 bits per heavy atom. The molecule has 0 saturated heterocycles. The first-order chi connectivity index (χ1) is 7.54. The zero-order valence-electron chi connectivity index (χ0n) is 9.84. The van der Waals surface area contributed by atoms with Gasteiger partial charge in [-0.3, -0.25) is 4.79 Å². The molecule has 1 fully saturated rings. The van der Waals surface area contributed by atoms with Crippen LogP contribution in [0.2, 0.25) is 0 Å². The van der Waals surface area contributed by atoms with E-state index in [9.17, 15) is 9.90 Å². The van der Waals surface area contributed by atoms with Crippen molar-refractivity contribution in [1.82, 2.24) is 5.32 Å². The van der Waals surface area contributed by atoms with Gasteiger partial charge < -0.3 is 15.2 Å². The summed E-state index contributed by atoms with van der Waals surface area (Å²) in [5, 5.41) is 14.7. The Balaban J connectivity index is 2.24. The lowest BCUT2D eigenvalue weighted by Crippen LogP contribution is -2.57. The van der Waals surface area contributed by atoms with Crippen molar-refractivity contribution in [3.8, 4) is 0 Å². The van der Waals surface area contributed by atoms with Crippen LogP contribution in [0.15, 0.2) is 11.5 Å². The van der Waals surface area contributed by atoms with E-state index < -0.39 is 11.7 Å². The molecule has 0 radical (unpaired) electrons. The van der Waals surface area contributed by atoms with Crippen molar-refractivity contribution in [2.45, 2.75) is 51.7 Å². The summed E-state index contributed by atoms with van der Waals surface area (Å²) in [5.41, 5.74) is -0.457. The Hall–Kier alpha value is -1.19. The van der Waals surface area contributed by atoms with Gasteiger partial charge in [0.1, 0.15) is 0 Å². The summed E-state index contributed by atoms with van der Waals surface area (Å²) in [6, 6.07) is 0. The average Bonchev–Trinajstić information content (AvgIpc) is 2.16. The molecular weight excluding hydrogens is 206 g/mol. The fourth-order valence-corrected chi connectivity index (χ4v) is 2.47. The Kier molecular flexibility index (Phi) is 2.82. The first-order valence-corrected chi connectivity index (χ1v) is 5.97. The number of hydrogen-bond donors (Lipinski definition) is 1. The topological polar surface area (TPSA) is 61.4 Å². The summed E-state index contributed by atoms with van der Waals surface area (Å²) in [6.45, 7) is 3.66. The molecule has 0 atom stereocenters. The largest absolute Gasteiger partial charge is 0.588 e. The molecule has 90 valence electrons. The van der Waals surface area contributed by atoms with Gasteiger partial charge in [0.05, 0.1) is 11.7 Å². The Morgan fingerprint density at radius 1 is 1.31 bits per heavy atom. The van der Waals surface area contributed by atoms with Crippen molar-refractivity contribution in [2.75, 3.05) is 0 Å². The fourth-order valence-electron chi connectivity index (χ4n) is 2.47. The Labute approximate surface area is 95.7 Å². The maximum atomic E-state index is 11.9. The molecular formula is C12H18NO3-. The number of hydrogen-bond acceptors (Lipinski definition) is 3. The van der Waals surface area contributed by atoms with Crippen LogP contribution in [0.25, 0.3) is 0 Å². The van der Waals surface area contributed by atoms with E-state index in [-0.39, 0.29) is 17.4 Å². The number of carbonyl (C=O) groups excluding carboxylic acids is 1. The minimum Gasteiger partial charge on any atom is -0.588 e. The van der Waals surface area contributed by atoms with E-state index in [4.69, 9.17) is 4.74 Å². The van der Waals surface area contributed by atoms with Crippen LogP contribution in [0.5, 0.6) is 0 Å². The highest BCUT2D eigenvalue weighted by atomic mass is 16.6. The molecule has 0 aromatic heterocycles. The molecule has 1 aliphatic heterocycles. The zero-order valence-corrected chi connectivity index (χ0v) is 9.84. The SMILES string of the molecule is CC(C)C1=C([O-])OC2(CCCCC2)NC1=O. The number of ether oxygens (including phenoxy) is 1. The fraction of sp³-hybridized carbons (Fsp3) is 0.750. The van der Waals surface area contributed by atoms with Gasteiger partial charge in [-0.15, -0.1) is 0 Å². The molecule has 0 aromatic carbocycles. The van der Waals surface area contributed by atoms with Crippen molar-refractivity contribution < 1.29 is 14.6 Å². The van der Waals surface area contributed by atoms with Crippen molar-refractivity contribution >= 4 is 5.91 Å². The van der Waals surface area contributed by atoms with E-state index in [1.807, 2.05) is 13.8 Å². The summed E-state index contributed by atoms with van der Waals surface area (Å²) >= 11 is 0. The van der Waals surface area contributed by atoms with Gasteiger partial charge in [-0.2, -0.15) is 0 Å². The number of amides is 1. The minimum absolute atomic E-state index is 0.0894. The second-order valence-electron chi connectivity index (χ2n) is 4.97. The molecule has 1 spiro atoms. The van der Waals surface area contributed by atoms with Crippen molar-refractivity contribution in [3.63, 3.8) is 0 Å². The van der Waals surface area contributed by atoms with Gasteiger partial charge in [-0.1, -0.05) is 33.1 Å². The Morgan fingerprint density at radius 3 is 2.44 bits per heavy atom. The number of nitrogens with one attached hydrogen (secondary N) is 1. The predicted molar refractivity (Wildman–Crippen MR) is 56.9 cm³/mol. The molecule has 4 nitrogen and oxygen atoms in total. The number of carbonyl (C=O) groups is 1. The first kappa shape index (κ1) is 11.3. The van der Waals surface area contributed by atoms with Crippen LogP contribution in [0.4, 0.5) is 0 Å². The zero-order chi connectivity index (χ0) is 11.8. The third kappa shape index (κ3) is 1.88. The van der Waals surface area contributed by atoms with E-state index in [1.54, 1.807) is 0 Å². The standard InChI is InChI=1S/C12H19NO3/c1-8(2)9-10(14)13-12(16-11(9)15)6-4-3-5-7-12/h8,15H,3-7H2,1-2H3,(H,13,14)/p-1. The van der Waals surface area contributed by atoms with Gasteiger partial charge in [0.2, 0.25) is 5.91 Å². The highest BCUT2D eigenvalue weighted by molar-refractivity contribution is 5.95. The smallest absolute Gasteiger partial charge is 0.250 e. The monoisotopic (exact) mass is 224 g/mol. The number of rotatable bonds is 1. The van der Waals surface area contributed by atoms with Crippen LogP contribution in [0.1, 0.15) is 46.0 Å².